The first-order valence-corrected chi connectivity index (χ1v) is 8.91. The summed E-state index contributed by atoms with van der Waals surface area (Å²) in [6.07, 6.45) is 5.15. The summed E-state index contributed by atoms with van der Waals surface area (Å²) in [5.41, 5.74) is -0.0950. The highest BCUT2D eigenvalue weighted by atomic mass is 16.5. The van der Waals surface area contributed by atoms with Crippen LogP contribution in [0.2, 0.25) is 0 Å². The van der Waals surface area contributed by atoms with Crippen LogP contribution in [0.15, 0.2) is 4.52 Å². The molecule has 0 spiro atoms. The van der Waals surface area contributed by atoms with E-state index in [9.17, 15) is 4.79 Å². The van der Waals surface area contributed by atoms with Gasteiger partial charge in [-0.3, -0.25) is 0 Å². The van der Waals surface area contributed by atoms with Crippen molar-refractivity contribution in [1.82, 2.24) is 20.4 Å². The first kappa shape index (κ1) is 16.3. The van der Waals surface area contributed by atoms with E-state index < -0.39 is 0 Å². The van der Waals surface area contributed by atoms with E-state index in [0.717, 1.165) is 50.5 Å². The number of likely N-dealkylation sites (tertiary alicyclic amines) is 1. The quantitative estimate of drug-likeness (QED) is 0.905. The van der Waals surface area contributed by atoms with Crippen molar-refractivity contribution < 1.29 is 9.32 Å². The van der Waals surface area contributed by atoms with Gasteiger partial charge in [-0.2, -0.15) is 4.98 Å². The van der Waals surface area contributed by atoms with Gasteiger partial charge in [0.1, 0.15) is 0 Å². The van der Waals surface area contributed by atoms with Crippen LogP contribution >= 0.6 is 0 Å². The maximum absolute atomic E-state index is 12.3. The van der Waals surface area contributed by atoms with Crippen LogP contribution in [0.1, 0.15) is 58.2 Å². The van der Waals surface area contributed by atoms with Crippen LogP contribution in [-0.2, 0) is 11.8 Å². The molecule has 1 saturated heterocycles. The summed E-state index contributed by atoms with van der Waals surface area (Å²) < 4.78 is 5.47. The molecule has 1 N–H and O–H groups in total. The summed E-state index contributed by atoms with van der Waals surface area (Å²) >= 11 is 0. The Kier molecular flexibility index (Phi) is 4.60. The van der Waals surface area contributed by atoms with E-state index in [-0.39, 0.29) is 11.4 Å². The lowest BCUT2D eigenvalue weighted by atomic mass is 9.80. The molecule has 1 aromatic heterocycles. The number of carbonyl (C=O) groups excluding carboxylic acids is 1. The fourth-order valence-corrected chi connectivity index (χ4v) is 4.04. The predicted octanol–water partition coefficient (Wildman–Crippen LogP) is 2.74. The van der Waals surface area contributed by atoms with Gasteiger partial charge < -0.3 is 14.7 Å². The monoisotopic (exact) mass is 320 g/mol. The van der Waals surface area contributed by atoms with Crippen molar-refractivity contribution in [3.8, 4) is 0 Å². The Balaban J connectivity index is 1.76. The topological polar surface area (TPSA) is 71.3 Å². The molecule has 2 amide bonds. The molecule has 1 aromatic rings. The zero-order valence-corrected chi connectivity index (χ0v) is 14.5. The highest BCUT2D eigenvalue weighted by Crippen LogP contribution is 2.49. The number of hydrogen-bond donors (Lipinski definition) is 1. The smallest absolute Gasteiger partial charge is 0.317 e. The number of fused-ring (bicyclic) bond motifs is 1. The second-order valence-electron chi connectivity index (χ2n) is 7.47. The van der Waals surface area contributed by atoms with Crippen molar-refractivity contribution in [2.75, 3.05) is 19.6 Å². The van der Waals surface area contributed by atoms with Gasteiger partial charge in [0.25, 0.3) is 0 Å². The fraction of sp³-hybridized carbons (Fsp3) is 0.824. The number of urea groups is 1. The van der Waals surface area contributed by atoms with Crippen molar-refractivity contribution in [2.24, 2.45) is 11.8 Å². The Hall–Kier alpha value is -1.59. The molecule has 1 aliphatic carbocycles. The zero-order chi connectivity index (χ0) is 16.4. The molecule has 1 aliphatic heterocycles. The second kappa shape index (κ2) is 6.49. The molecule has 0 aromatic carbocycles. The fourth-order valence-electron chi connectivity index (χ4n) is 4.04. The molecule has 2 atom stereocenters. The largest absolute Gasteiger partial charge is 0.339 e. The van der Waals surface area contributed by atoms with Gasteiger partial charge in [0, 0.05) is 26.1 Å². The number of nitrogens with zero attached hydrogens (tertiary/aromatic N) is 3. The lowest BCUT2D eigenvalue weighted by molar-refractivity contribution is 0.203. The van der Waals surface area contributed by atoms with Crippen LogP contribution in [0.3, 0.4) is 0 Å². The molecule has 3 rings (SSSR count). The zero-order valence-electron chi connectivity index (χ0n) is 14.5. The molecular formula is C17H28N4O2. The normalized spacial score (nSPS) is 26.8. The number of nitrogens with one attached hydrogen (secondary N) is 1. The third kappa shape index (κ3) is 3.08. The van der Waals surface area contributed by atoms with Gasteiger partial charge in [0.2, 0.25) is 5.89 Å². The molecule has 1 saturated carbocycles. The van der Waals surface area contributed by atoms with Gasteiger partial charge in [0.05, 0.1) is 5.41 Å². The number of amides is 2. The van der Waals surface area contributed by atoms with Gasteiger partial charge in [-0.15, -0.1) is 0 Å². The van der Waals surface area contributed by atoms with Gasteiger partial charge in [-0.05, 0) is 31.1 Å². The average molecular weight is 320 g/mol. The minimum Gasteiger partial charge on any atom is -0.339 e. The van der Waals surface area contributed by atoms with E-state index in [4.69, 9.17) is 4.52 Å². The van der Waals surface area contributed by atoms with E-state index >= 15 is 0 Å². The van der Waals surface area contributed by atoms with E-state index in [1.54, 1.807) is 0 Å². The van der Waals surface area contributed by atoms with Crippen LogP contribution in [0.5, 0.6) is 0 Å². The maximum Gasteiger partial charge on any atom is 0.317 e. The summed E-state index contributed by atoms with van der Waals surface area (Å²) in [4.78, 5) is 18.9. The molecule has 2 heterocycles. The van der Waals surface area contributed by atoms with Crippen LogP contribution in [0.25, 0.3) is 0 Å². The Labute approximate surface area is 138 Å². The average Bonchev–Trinajstić information content (AvgIpc) is 3.17. The third-order valence-corrected chi connectivity index (χ3v) is 5.18. The Morgan fingerprint density at radius 2 is 2.35 bits per heavy atom. The highest BCUT2D eigenvalue weighted by Gasteiger charge is 2.54. The lowest BCUT2D eigenvalue weighted by Crippen LogP contribution is -2.41. The molecule has 2 unspecified atom stereocenters. The summed E-state index contributed by atoms with van der Waals surface area (Å²) in [7, 11) is 0. The molecule has 6 heteroatoms. The van der Waals surface area contributed by atoms with E-state index in [2.05, 4.69) is 36.2 Å². The van der Waals surface area contributed by atoms with Crippen LogP contribution < -0.4 is 5.32 Å². The van der Waals surface area contributed by atoms with Gasteiger partial charge in [-0.1, -0.05) is 32.3 Å². The van der Waals surface area contributed by atoms with Crippen molar-refractivity contribution in [3.63, 3.8) is 0 Å². The van der Waals surface area contributed by atoms with Crippen LogP contribution in [0.4, 0.5) is 4.79 Å². The van der Waals surface area contributed by atoms with Crippen LogP contribution in [0, 0.1) is 11.8 Å². The van der Waals surface area contributed by atoms with Crippen LogP contribution in [-0.4, -0.2) is 40.7 Å². The van der Waals surface area contributed by atoms with Crippen molar-refractivity contribution in [3.05, 3.63) is 11.7 Å². The molecule has 0 bridgehead atoms. The highest BCUT2D eigenvalue weighted by molar-refractivity contribution is 5.74. The minimum atomic E-state index is -0.0950. The summed E-state index contributed by atoms with van der Waals surface area (Å²) in [5.74, 6) is 2.50. The van der Waals surface area contributed by atoms with E-state index in [1.165, 1.54) is 6.42 Å². The standard InChI is InChI=1S/C17H28N4O2/c1-4-8-18-16(22)21-10-13-6-5-7-17(13,11-21)15-19-14(23-20-15)9-12(2)3/h12-13H,4-11H2,1-3H3,(H,18,22). The number of carbonyl (C=O) groups is 1. The van der Waals surface area contributed by atoms with Crippen molar-refractivity contribution >= 4 is 6.03 Å². The Morgan fingerprint density at radius 1 is 1.52 bits per heavy atom. The van der Waals surface area contributed by atoms with E-state index in [1.807, 2.05) is 4.90 Å². The summed E-state index contributed by atoms with van der Waals surface area (Å²) in [5, 5.41) is 7.28. The third-order valence-electron chi connectivity index (χ3n) is 5.18. The first-order chi connectivity index (χ1) is 11.0. The van der Waals surface area contributed by atoms with E-state index in [0.29, 0.717) is 18.4 Å². The van der Waals surface area contributed by atoms with Gasteiger partial charge in [-0.25, -0.2) is 4.79 Å². The molecule has 2 aliphatic rings. The van der Waals surface area contributed by atoms with Gasteiger partial charge >= 0.3 is 6.03 Å². The molecule has 23 heavy (non-hydrogen) atoms. The Bertz CT molecular complexity index is 557. The second-order valence-corrected chi connectivity index (χ2v) is 7.47. The molecule has 2 fully saturated rings. The number of rotatable bonds is 5. The SMILES string of the molecule is CCCNC(=O)N1CC2CCCC2(c2noc(CC(C)C)n2)C1. The minimum absolute atomic E-state index is 0.0477. The van der Waals surface area contributed by atoms with Crippen molar-refractivity contribution in [2.45, 2.75) is 58.3 Å². The lowest BCUT2D eigenvalue weighted by Gasteiger charge is -2.24. The summed E-state index contributed by atoms with van der Waals surface area (Å²) in [6, 6.07) is 0.0477. The van der Waals surface area contributed by atoms with Gasteiger partial charge in [0.15, 0.2) is 5.82 Å². The molecular weight excluding hydrogens is 292 g/mol. The predicted molar refractivity (Wildman–Crippen MR) is 87.1 cm³/mol. The van der Waals surface area contributed by atoms with Crippen molar-refractivity contribution in [1.29, 1.82) is 0 Å². The Morgan fingerprint density at radius 3 is 3.09 bits per heavy atom. The molecule has 6 nitrogen and oxygen atoms in total. The molecule has 128 valence electrons. The summed E-state index contributed by atoms with van der Waals surface area (Å²) in [6.45, 7) is 8.62. The molecule has 0 radical (unpaired) electrons. The first-order valence-electron chi connectivity index (χ1n) is 8.91. The number of hydrogen-bond acceptors (Lipinski definition) is 4. The maximum atomic E-state index is 12.3. The number of aromatic nitrogens is 2.